The molecule has 0 bridgehead atoms. The highest BCUT2D eigenvalue weighted by molar-refractivity contribution is 7.06. The number of rotatable bonds is 3. The zero-order chi connectivity index (χ0) is 11.5. The number of nitrogens with two attached hydrogens (primary N) is 1. The Balaban J connectivity index is 2.31. The second-order valence-electron chi connectivity index (χ2n) is 3.35. The Morgan fingerprint density at radius 3 is 2.69 bits per heavy atom. The molecule has 0 spiro atoms. The van der Waals surface area contributed by atoms with Gasteiger partial charge in [0.15, 0.2) is 11.6 Å². The summed E-state index contributed by atoms with van der Waals surface area (Å²) >= 11 is 1.33. The summed E-state index contributed by atoms with van der Waals surface area (Å²) < 4.78 is 29.9. The molecule has 84 valence electrons. The first-order chi connectivity index (χ1) is 7.70. The third-order valence-corrected chi connectivity index (χ3v) is 3.01. The van der Waals surface area contributed by atoms with Crippen molar-refractivity contribution in [3.05, 3.63) is 40.8 Å². The van der Waals surface area contributed by atoms with E-state index in [9.17, 15) is 8.78 Å². The van der Waals surface area contributed by atoms with E-state index in [1.54, 1.807) is 0 Å². The summed E-state index contributed by atoms with van der Waals surface area (Å²) in [6.45, 7) is 0.555. The molecule has 1 aromatic carbocycles. The second-order valence-corrected chi connectivity index (χ2v) is 4.24. The van der Waals surface area contributed by atoms with Gasteiger partial charge < -0.3 is 5.73 Å². The molecule has 0 aliphatic rings. The van der Waals surface area contributed by atoms with Crippen molar-refractivity contribution in [1.82, 2.24) is 4.37 Å². The third-order valence-electron chi connectivity index (χ3n) is 2.17. The van der Waals surface area contributed by atoms with E-state index >= 15 is 0 Å². The van der Waals surface area contributed by atoms with Gasteiger partial charge >= 0.3 is 0 Å². The summed E-state index contributed by atoms with van der Waals surface area (Å²) in [6, 6.07) is 5.62. The van der Waals surface area contributed by atoms with Crippen LogP contribution >= 0.6 is 11.5 Å². The molecule has 2 aromatic rings. The lowest BCUT2D eigenvalue weighted by molar-refractivity contribution is 0.509. The molecule has 2 nitrogen and oxygen atoms in total. The highest BCUT2D eigenvalue weighted by Gasteiger charge is 2.07. The quantitative estimate of drug-likeness (QED) is 0.895. The Morgan fingerprint density at radius 2 is 2.00 bits per heavy atom. The molecule has 0 aliphatic heterocycles. The lowest BCUT2D eigenvalue weighted by Gasteiger charge is -1.97. The molecule has 0 saturated carbocycles. The summed E-state index contributed by atoms with van der Waals surface area (Å²) in [6.07, 6.45) is 0.751. The summed E-state index contributed by atoms with van der Waals surface area (Å²) in [5.74, 6) is -1.70. The molecule has 2 N–H and O–H groups in total. The average Bonchev–Trinajstić information content (AvgIpc) is 2.71. The molecule has 0 unspecified atom stereocenters. The number of halogens is 2. The Morgan fingerprint density at radius 1 is 1.19 bits per heavy atom. The van der Waals surface area contributed by atoms with E-state index in [0.717, 1.165) is 23.4 Å². The summed E-state index contributed by atoms with van der Waals surface area (Å²) in [7, 11) is 0. The maximum absolute atomic E-state index is 13.0. The minimum Gasteiger partial charge on any atom is -0.330 e. The highest BCUT2D eigenvalue weighted by atomic mass is 32.1. The van der Waals surface area contributed by atoms with E-state index in [2.05, 4.69) is 4.37 Å². The molecule has 1 aromatic heterocycles. The minimum absolute atomic E-state index is 0.555. The molecule has 0 amide bonds. The van der Waals surface area contributed by atoms with Crippen LogP contribution in [0.4, 0.5) is 8.78 Å². The number of hydrogen-bond acceptors (Lipinski definition) is 3. The molecule has 0 atom stereocenters. The fraction of sp³-hybridized carbons (Fsp3) is 0.182. The van der Waals surface area contributed by atoms with E-state index in [1.165, 1.54) is 17.6 Å². The van der Waals surface area contributed by atoms with E-state index < -0.39 is 11.6 Å². The zero-order valence-corrected chi connectivity index (χ0v) is 9.23. The van der Waals surface area contributed by atoms with Crippen molar-refractivity contribution in [2.75, 3.05) is 6.54 Å². The van der Waals surface area contributed by atoms with Crippen molar-refractivity contribution in [2.45, 2.75) is 6.42 Å². The van der Waals surface area contributed by atoms with Crippen LogP contribution in [0.5, 0.6) is 0 Å². The van der Waals surface area contributed by atoms with Crippen LogP contribution in [0.2, 0.25) is 0 Å². The van der Waals surface area contributed by atoms with Crippen molar-refractivity contribution >= 4 is 11.5 Å². The standard InChI is InChI=1S/C11H10F2N2S/c12-9-2-1-7(5-10(9)13)11-6-8(3-4-14)16-15-11/h1-2,5-6H,3-4,14H2. The highest BCUT2D eigenvalue weighted by Crippen LogP contribution is 2.23. The molecule has 0 fully saturated rings. The number of benzene rings is 1. The van der Waals surface area contributed by atoms with Gasteiger partial charge in [-0.15, -0.1) is 0 Å². The number of hydrogen-bond donors (Lipinski definition) is 1. The van der Waals surface area contributed by atoms with Crippen LogP contribution in [0.15, 0.2) is 24.3 Å². The minimum atomic E-state index is -0.856. The van der Waals surface area contributed by atoms with Gasteiger partial charge in [0.25, 0.3) is 0 Å². The van der Waals surface area contributed by atoms with Crippen LogP contribution < -0.4 is 5.73 Å². The topological polar surface area (TPSA) is 38.9 Å². The number of nitrogens with zero attached hydrogens (tertiary/aromatic N) is 1. The van der Waals surface area contributed by atoms with Crippen molar-refractivity contribution in [2.24, 2.45) is 5.73 Å². The van der Waals surface area contributed by atoms with Gasteiger partial charge in [0.2, 0.25) is 0 Å². The molecular formula is C11H10F2N2S. The summed E-state index contributed by atoms with van der Waals surface area (Å²) in [5.41, 5.74) is 6.66. The lowest BCUT2D eigenvalue weighted by Crippen LogP contribution is -2.00. The van der Waals surface area contributed by atoms with Crippen LogP contribution in [0.1, 0.15) is 4.88 Å². The monoisotopic (exact) mass is 240 g/mol. The SMILES string of the molecule is NCCc1cc(-c2ccc(F)c(F)c2)ns1. The summed E-state index contributed by atoms with van der Waals surface area (Å²) in [4.78, 5) is 1.04. The molecule has 5 heteroatoms. The van der Waals surface area contributed by atoms with Crippen LogP contribution in [0.25, 0.3) is 11.3 Å². The number of aromatic nitrogens is 1. The first-order valence-corrected chi connectivity index (χ1v) is 5.59. The molecule has 0 aliphatic carbocycles. The zero-order valence-electron chi connectivity index (χ0n) is 8.41. The van der Waals surface area contributed by atoms with Crippen LogP contribution in [0, 0.1) is 11.6 Å². The Bertz CT molecular complexity index is 496. The van der Waals surface area contributed by atoms with Gasteiger partial charge in [-0.05, 0) is 48.8 Å². The maximum Gasteiger partial charge on any atom is 0.159 e. The first-order valence-electron chi connectivity index (χ1n) is 4.82. The smallest absolute Gasteiger partial charge is 0.159 e. The first kappa shape index (κ1) is 11.2. The molecule has 16 heavy (non-hydrogen) atoms. The fourth-order valence-corrected chi connectivity index (χ4v) is 2.11. The molecule has 1 heterocycles. The Labute approximate surface area is 95.9 Å². The fourth-order valence-electron chi connectivity index (χ4n) is 1.36. The van der Waals surface area contributed by atoms with Crippen LogP contribution in [-0.4, -0.2) is 10.9 Å². The lowest BCUT2D eigenvalue weighted by atomic mass is 10.1. The van der Waals surface area contributed by atoms with Gasteiger partial charge in [0.1, 0.15) is 0 Å². The van der Waals surface area contributed by atoms with Crippen LogP contribution in [0.3, 0.4) is 0 Å². The van der Waals surface area contributed by atoms with Crippen molar-refractivity contribution in [3.63, 3.8) is 0 Å². The van der Waals surface area contributed by atoms with Crippen molar-refractivity contribution in [1.29, 1.82) is 0 Å². The molecule has 0 radical (unpaired) electrons. The predicted octanol–water partition coefficient (Wildman–Crippen LogP) is 2.59. The van der Waals surface area contributed by atoms with E-state index in [4.69, 9.17) is 5.73 Å². The largest absolute Gasteiger partial charge is 0.330 e. The van der Waals surface area contributed by atoms with Gasteiger partial charge in [-0.1, -0.05) is 0 Å². The van der Waals surface area contributed by atoms with Gasteiger partial charge in [-0.25, -0.2) is 8.78 Å². The third kappa shape index (κ3) is 2.25. The van der Waals surface area contributed by atoms with E-state index in [1.807, 2.05) is 6.07 Å². The van der Waals surface area contributed by atoms with Gasteiger partial charge in [0.05, 0.1) is 5.69 Å². The average molecular weight is 240 g/mol. The molecule has 2 rings (SSSR count). The van der Waals surface area contributed by atoms with Crippen molar-refractivity contribution < 1.29 is 8.78 Å². The summed E-state index contributed by atoms with van der Waals surface area (Å²) in [5, 5.41) is 0. The van der Waals surface area contributed by atoms with E-state index in [-0.39, 0.29) is 0 Å². The second kappa shape index (κ2) is 4.67. The van der Waals surface area contributed by atoms with Gasteiger partial charge in [0, 0.05) is 10.4 Å². The Kier molecular flexibility index (Phi) is 3.26. The normalized spacial score (nSPS) is 10.7. The predicted molar refractivity (Wildman–Crippen MR) is 60.2 cm³/mol. The van der Waals surface area contributed by atoms with Gasteiger partial charge in [-0.3, -0.25) is 0 Å². The maximum atomic E-state index is 13.0. The van der Waals surface area contributed by atoms with Gasteiger partial charge in [-0.2, -0.15) is 4.37 Å². The van der Waals surface area contributed by atoms with Crippen molar-refractivity contribution in [3.8, 4) is 11.3 Å². The molecule has 0 saturated heterocycles. The molecular weight excluding hydrogens is 230 g/mol. The Hall–Kier alpha value is -1.33. The van der Waals surface area contributed by atoms with Crippen LogP contribution in [-0.2, 0) is 6.42 Å². The van der Waals surface area contributed by atoms with E-state index in [0.29, 0.717) is 17.8 Å².